The van der Waals surface area contributed by atoms with Crippen LogP contribution >= 0.6 is 0 Å². The van der Waals surface area contributed by atoms with E-state index >= 15 is 0 Å². The van der Waals surface area contributed by atoms with Gasteiger partial charge in [0.15, 0.2) is 5.58 Å². The van der Waals surface area contributed by atoms with Gasteiger partial charge < -0.3 is 9.73 Å². The zero-order valence-corrected chi connectivity index (χ0v) is 9.02. The van der Waals surface area contributed by atoms with E-state index in [0.717, 1.165) is 49.7 Å². The van der Waals surface area contributed by atoms with E-state index in [4.69, 9.17) is 4.42 Å². The fraction of sp³-hybridized carbons (Fsp3) is 0.455. The third kappa shape index (κ3) is 1.91. The normalized spacial score (nSPS) is 18.0. The van der Waals surface area contributed by atoms with Gasteiger partial charge >= 0.3 is 0 Å². The molecule has 0 aliphatic carbocycles. The zero-order chi connectivity index (χ0) is 10.8. The van der Waals surface area contributed by atoms with Crippen molar-refractivity contribution in [3.05, 3.63) is 24.4 Å². The van der Waals surface area contributed by atoms with Crippen molar-refractivity contribution in [2.24, 2.45) is 0 Å². The number of nitrogens with one attached hydrogen (secondary N) is 1. The lowest BCUT2D eigenvalue weighted by Gasteiger charge is -2.25. The molecular formula is C11H14N4O. The van der Waals surface area contributed by atoms with Gasteiger partial charge in [-0.3, -0.25) is 9.88 Å². The molecule has 5 nitrogen and oxygen atoms in total. The van der Waals surface area contributed by atoms with Crippen molar-refractivity contribution in [3.63, 3.8) is 0 Å². The second kappa shape index (κ2) is 4.19. The highest BCUT2D eigenvalue weighted by Crippen LogP contribution is 2.14. The summed E-state index contributed by atoms with van der Waals surface area (Å²) < 4.78 is 5.64. The summed E-state index contributed by atoms with van der Waals surface area (Å²) in [6.45, 7) is 4.98. The maximum Gasteiger partial charge on any atom is 0.209 e. The molecule has 1 aliphatic heterocycles. The number of oxazole rings is 1. The number of hydrogen-bond donors (Lipinski definition) is 1. The molecule has 2 aromatic rings. The first kappa shape index (κ1) is 9.74. The van der Waals surface area contributed by atoms with Gasteiger partial charge in [0, 0.05) is 32.4 Å². The summed E-state index contributed by atoms with van der Waals surface area (Å²) in [4.78, 5) is 10.8. The maximum atomic E-state index is 5.64. The Labute approximate surface area is 93.5 Å². The molecule has 84 valence electrons. The van der Waals surface area contributed by atoms with Crippen molar-refractivity contribution in [2.75, 3.05) is 26.2 Å². The second-order valence-electron chi connectivity index (χ2n) is 3.98. The molecule has 1 aliphatic rings. The third-order valence-electron chi connectivity index (χ3n) is 2.80. The predicted octanol–water partition coefficient (Wildman–Crippen LogP) is 0.628. The maximum absolute atomic E-state index is 5.64. The van der Waals surface area contributed by atoms with Gasteiger partial charge in [-0.25, -0.2) is 4.98 Å². The monoisotopic (exact) mass is 218 g/mol. The number of pyridine rings is 1. The molecular weight excluding hydrogens is 204 g/mol. The lowest BCUT2D eigenvalue weighted by atomic mass is 10.3. The van der Waals surface area contributed by atoms with Gasteiger partial charge in [-0.2, -0.15) is 0 Å². The Morgan fingerprint density at radius 1 is 1.38 bits per heavy atom. The van der Waals surface area contributed by atoms with Crippen LogP contribution in [-0.4, -0.2) is 41.0 Å². The fourth-order valence-electron chi connectivity index (χ4n) is 1.96. The predicted molar refractivity (Wildman–Crippen MR) is 60.0 cm³/mol. The minimum Gasteiger partial charge on any atom is -0.438 e. The van der Waals surface area contributed by atoms with Crippen LogP contribution in [-0.2, 0) is 6.54 Å². The van der Waals surface area contributed by atoms with E-state index in [-0.39, 0.29) is 0 Å². The largest absolute Gasteiger partial charge is 0.438 e. The van der Waals surface area contributed by atoms with Crippen molar-refractivity contribution in [3.8, 4) is 0 Å². The molecule has 0 saturated carbocycles. The standard InChI is InChI=1S/C11H14N4O/c1-2-13-7-10-9(1)14-11(16-10)8-15-5-3-12-4-6-15/h1-2,7,12H,3-6,8H2. The molecule has 16 heavy (non-hydrogen) atoms. The van der Waals surface area contributed by atoms with Crippen molar-refractivity contribution >= 4 is 11.1 Å². The molecule has 1 N–H and O–H groups in total. The summed E-state index contributed by atoms with van der Waals surface area (Å²) in [5, 5.41) is 3.32. The minimum absolute atomic E-state index is 0.771. The molecule has 0 aromatic carbocycles. The Morgan fingerprint density at radius 2 is 2.25 bits per heavy atom. The van der Waals surface area contributed by atoms with Crippen LogP contribution in [0, 0.1) is 0 Å². The smallest absolute Gasteiger partial charge is 0.209 e. The summed E-state index contributed by atoms with van der Waals surface area (Å²) >= 11 is 0. The van der Waals surface area contributed by atoms with Gasteiger partial charge in [-0.15, -0.1) is 0 Å². The van der Waals surface area contributed by atoms with Gasteiger partial charge in [0.2, 0.25) is 5.89 Å². The number of aromatic nitrogens is 2. The molecule has 5 heteroatoms. The van der Waals surface area contributed by atoms with Crippen LogP contribution in [0.4, 0.5) is 0 Å². The zero-order valence-electron chi connectivity index (χ0n) is 9.02. The molecule has 3 rings (SSSR count). The van der Waals surface area contributed by atoms with Crippen LogP contribution in [0.25, 0.3) is 11.1 Å². The van der Waals surface area contributed by atoms with Gasteiger partial charge in [0.1, 0.15) is 5.52 Å². The Bertz CT molecular complexity index is 443. The number of piperazine rings is 1. The average molecular weight is 218 g/mol. The van der Waals surface area contributed by atoms with E-state index in [2.05, 4.69) is 20.2 Å². The van der Waals surface area contributed by atoms with Crippen LogP contribution < -0.4 is 5.32 Å². The third-order valence-corrected chi connectivity index (χ3v) is 2.80. The van der Waals surface area contributed by atoms with Crippen molar-refractivity contribution < 1.29 is 4.42 Å². The first-order valence-electron chi connectivity index (χ1n) is 5.54. The Hall–Kier alpha value is -1.46. The van der Waals surface area contributed by atoms with Crippen molar-refractivity contribution in [1.29, 1.82) is 0 Å². The quantitative estimate of drug-likeness (QED) is 0.801. The second-order valence-corrected chi connectivity index (χ2v) is 3.98. The summed E-state index contributed by atoms with van der Waals surface area (Å²) in [5.41, 5.74) is 1.66. The van der Waals surface area contributed by atoms with E-state index in [1.807, 2.05) is 6.07 Å². The van der Waals surface area contributed by atoms with E-state index in [1.54, 1.807) is 12.4 Å². The first-order chi connectivity index (χ1) is 7.92. The summed E-state index contributed by atoms with van der Waals surface area (Å²) in [6.07, 6.45) is 3.45. The van der Waals surface area contributed by atoms with E-state index < -0.39 is 0 Å². The molecule has 0 radical (unpaired) electrons. The Kier molecular flexibility index (Phi) is 2.55. The molecule has 3 heterocycles. The molecule has 1 fully saturated rings. The summed E-state index contributed by atoms with van der Waals surface area (Å²) in [6, 6.07) is 1.88. The lowest BCUT2D eigenvalue weighted by molar-refractivity contribution is 0.214. The van der Waals surface area contributed by atoms with Crippen LogP contribution in [0.2, 0.25) is 0 Å². The summed E-state index contributed by atoms with van der Waals surface area (Å²) in [7, 11) is 0. The van der Waals surface area contributed by atoms with Crippen LogP contribution in [0.5, 0.6) is 0 Å². The molecule has 2 aromatic heterocycles. The Morgan fingerprint density at radius 3 is 3.06 bits per heavy atom. The molecule has 1 saturated heterocycles. The number of nitrogens with zero attached hydrogens (tertiary/aromatic N) is 3. The van der Waals surface area contributed by atoms with E-state index in [0.29, 0.717) is 0 Å². The summed E-state index contributed by atoms with van der Waals surface area (Å²) in [5.74, 6) is 0.782. The van der Waals surface area contributed by atoms with Gasteiger partial charge in [-0.05, 0) is 6.07 Å². The molecule has 0 amide bonds. The lowest BCUT2D eigenvalue weighted by Crippen LogP contribution is -2.42. The number of rotatable bonds is 2. The fourth-order valence-corrected chi connectivity index (χ4v) is 1.96. The number of hydrogen-bond acceptors (Lipinski definition) is 5. The van der Waals surface area contributed by atoms with Gasteiger partial charge in [-0.1, -0.05) is 0 Å². The highest BCUT2D eigenvalue weighted by molar-refractivity contribution is 5.70. The molecule has 0 unspecified atom stereocenters. The van der Waals surface area contributed by atoms with Crippen LogP contribution in [0.15, 0.2) is 22.9 Å². The van der Waals surface area contributed by atoms with Gasteiger partial charge in [0.05, 0.1) is 12.7 Å². The molecule has 0 bridgehead atoms. The van der Waals surface area contributed by atoms with Crippen LogP contribution in [0.3, 0.4) is 0 Å². The highest BCUT2D eigenvalue weighted by Gasteiger charge is 2.13. The van der Waals surface area contributed by atoms with E-state index in [1.165, 1.54) is 0 Å². The topological polar surface area (TPSA) is 54.2 Å². The highest BCUT2D eigenvalue weighted by atomic mass is 16.3. The SMILES string of the molecule is c1cc2nc(CN3CCNCC3)oc2cn1. The van der Waals surface area contributed by atoms with Crippen LogP contribution in [0.1, 0.15) is 5.89 Å². The molecule has 0 spiro atoms. The van der Waals surface area contributed by atoms with Crippen molar-refractivity contribution in [1.82, 2.24) is 20.2 Å². The first-order valence-corrected chi connectivity index (χ1v) is 5.54. The van der Waals surface area contributed by atoms with E-state index in [9.17, 15) is 0 Å². The average Bonchev–Trinajstić information content (AvgIpc) is 2.72. The van der Waals surface area contributed by atoms with Gasteiger partial charge in [0.25, 0.3) is 0 Å². The molecule has 0 atom stereocenters. The number of fused-ring (bicyclic) bond motifs is 1. The minimum atomic E-state index is 0.771. The Balaban J connectivity index is 1.78. The van der Waals surface area contributed by atoms with Crippen molar-refractivity contribution in [2.45, 2.75) is 6.54 Å².